The van der Waals surface area contributed by atoms with Gasteiger partial charge in [0.25, 0.3) is 0 Å². The molecule has 4 heteroatoms. The Balaban J connectivity index is 2.65. The van der Waals surface area contributed by atoms with Crippen molar-refractivity contribution in [1.29, 1.82) is 0 Å². The third-order valence-corrected chi connectivity index (χ3v) is 4.38. The lowest BCUT2D eigenvalue weighted by Gasteiger charge is -1.96. The first-order valence-corrected chi connectivity index (χ1v) is 7.38. The molecule has 0 unspecified atom stereocenters. The van der Waals surface area contributed by atoms with Gasteiger partial charge in [-0.15, -0.1) is 34.5 Å². The molecule has 0 bridgehead atoms. The quantitative estimate of drug-likeness (QED) is 0.390. The summed E-state index contributed by atoms with van der Waals surface area (Å²) < 4.78 is 0. The zero-order valence-electron chi connectivity index (χ0n) is 9.39. The fraction of sp³-hybridized carbons (Fsp3) is 0.583. The first-order chi connectivity index (χ1) is 7.72. The van der Waals surface area contributed by atoms with Crippen LogP contribution in [-0.4, -0.2) is 5.78 Å². The summed E-state index contributed by atoms with van der Waals surface area (Å²) in [6.45, 7) is 2.13. The van der Waals surface area contributed by atoms with Crippen LogP contribution in [-0.2, 0) is 11.8 Å². The second-order valence-electron chi connectivity index (χ2n) is 3.71. The molecule has 0 aliphatic rings. The molecular weight excluding hydrogens is 263 g/mol. The van der Waals surface area contributed by atoms with Crippen LogP contribution in [0.3, 0.4) is 0 Å². The van der Waals surface area contributed by atoms with Gasteiger partial charge in [-0.25, -0.2) is 0 Å². The number of thiophene rings is 1. The van der Waals surface area contributed by atoms with Gasteiger partial charge < -0.3 is 0 Å². The standard InChI is InChI=1S/C12H16Cl2OS/c1-2-3-4-5-10(15)11-6-9(7-13)12(8-14)16-11/h6H,2-5,7-8H2,1H3. The average molecular weight is 279 g/mol. The lowest BCUT2D eigenvalue weighted by atomic mass is 10.1. The number of alkyl halides is 2. The Morgan fingerprint density at radius 2 is 2.06 bits per heavy atom. The zero-order valence-corrected chi connectivity index (χ0v) is 11.7. The van der Waals surface area contributed by atoms with E-state index in [2.05, 4.69) is 6.92 Å². The highest BCUT2D eigenvalue weighted by atomic mass is 35.5. The van der Waals surface area contributed by atoms with Crippen LogP contribution >= 0.6 is 34.5 Å². The van der Waals surface area contributed by atoms with Gasteiger partial charge in [0.05, 0.1) is 10.8 Å². The van der Waals surface area contributed by atoms with Crippen LogP contribution < -0.4 is 0 Å². The van der Waals surface area contributed by atoms with Crippen molar-refractivity contribution in [2.45, 2.75) is 44.4 Å². The van der Waals surface area contributed by atoms with Gasteiger partial charge >= 0.3 is 0 Å². The van der Waals surface area contributed by atoms with E-state index in [9.17, 15) is 4.79 Å². The molecule has 0 saturated carbocycles. The second-order valence-corrected chi connectivity index (χ2v) is 5.38. The summed E-state index contributed by atoms with van der Waals surface area (Å²) in [5.74, 6) is 1.09. The highest BCUT2D eigenvalue weighted by Gasteiger charge is 2.13. The Morgan fingerprint density at radius 1 is 1.31 bits per heavy atom. The maximum atomic E-state index is 11.8. The second kappa shape index (κ2) is 7.31. The van der Waals surface area contributed by atoms with E-state index >= 15 is 0 Å². The summed E-state index contributed by atoms with van der Waals surface area (Å²) in [5.41, 5.74) is 1.00. The molecule has 1 nitrogen and oxygen atoms in total. The lowest BCUT2D eigenvalue weighted by molar-refractivity contribution is 0.0983. The molecule has 0 N–H and O–H groups in total. The van der Waals surface area contributed by atoms with Crippen molar-refractivity contribution in [2.24, 2.45) is 0 Å². The number of carbonyl (C=O) groups excluding carboxylic acids is 1. The van der Waals surface area contributed by atoms with E-state index in [1.807, 2.05) is 6.07 Å². The molecule has 90 valence electrons. The molecule has 0 spiro atoms. The van der Waals surface area contributed by atoms with Crippen molar-refractivity contribution < 1.29 is 4.79 Å². The third-order valence-electron chi connectivity index (χ3n) is 2.44. The van der Waals surface area contributed by atoms with E-state index in [4.69, 9.17) is 23.2 Å². The van der Waals surface area contributed by atoms with E-state index in [0.29, 0.717) is 18.2 Å². The number of hydrogen-bond acceptors (Lipinski definition) is 2. The van der Waals surface area contributed by atoms with Crippen molar-refractivity contribution in [3.63, 3.8) is 0 Å². The number of carbonyl (C=O) groups is 1. The van der Waals surface area contributed by atoms with Gasteiger partial charge in [0.1, 0.15) is 0 Å². The first kappa shape index (κ1) is 14.0. The van der Waals surface area contributed by atoms with Gasteiger partial charge in [-0.1, -0.05) is 19.8 Å². The van der Waals surface area contributed by atoms with Crippen molar-refractivity contribution in [3.8, 4) is 0 Å². The molecule has 16 heavy (non-hydrogen) atoms. The SMILES string of the molecule is CCCCCC(=O)c1cc(CCl)c(CCl)s1. The molecule has 0 atom stereocenters. The summed E-state index contributed by atoms with van der Waals surface area (Å²) in [7, 11) is 0. The largest absolute Gasteiger partial charge is 0.293 e. The Labute approximate surface area is 111 Å². The molecule has 0 fully saturated rings. The van der Waals surface area contributed by atoms with E-state index in [0.717, 1.165) is 34.6 Å². The van der Waals surface area contributed by atoms with Gasteiger partial charge in [0.15, 0.2) is 5.78 Å². The lowest BCUT2D eigenvalue weighted by Crippen LogP contribution is -1.95. The number of Topliss-reactive ketones (excluding diaryl/α,β-unsaturated/α-hetero) is 1. The first-order valence-electron chi connectivity index (χ1n) is 5.49. The van der Waals surface area contributed by atoms with E-state index < -0.39 is 0 Å². The Morgan fingerprint density at radius 3 is 2.56 bits per heavy atom. The van der Waals surface area contributed by atoms with Crippen molar-refractivity contribution in [3.05, 3.63) is 21.4 Å². The average Bonchev–Trinajstić information content (AvgIpc) is 2.72. The molecule has 0 aliphatic carbocycles. The molecule has 1 aromatic heterocycles. The maximum Gasteiger partial charge on any atom is 0.172 e. The minimum atomic E-state index is 0.223. The molecule has 0 amide bonds. The van der Waals surface area contributed by atoms with Gasteiger partial charge in [0.2, 0.25) is 0 Å². The summed E-state index contributed by atoms with van der Waals surface area (Å²) in [6.07, 6.45) is 3.86. The molecule has 1 heterocycles. The Hall–Kier alpha value is -0.0500. The summed E-state index contributed by atoms with van der Waals surface area (Å²) in [4.78, 5) is 13.7. The fourth-order valence-electron chi connectivity index (χ4n) is 1.49. The van der Waals surface area contributed by atoms with Gasteiger partial charge in [-0.3, -0.25) is 4.79 Å². The minimum absolute atomic E-state index is 0.223. The maximum absolute atomic E-state index is 11.8. The van der Waals surface area contributed by atoms with Crippen LogP contribution in [0.25, 0.3) is 0 Å². The highest BCUT2D eigenvalue weighted by molar-refractivity contribution is 7.14. The van der Waals surface area contributed by atoms with Gasteiger partial charge in [0, 0.05) is 17.2 Å². The fourth-order valence-corrected chi connectivity index (χ4v) is 3.14. The van der Waals surface area contributed by atoms with Crippen LogP contribution in [0.1, 0.15) is 52.7 Å². The smallest absolute Gasteiger partial charge is 0.172 e. The van der Waals surface area contributed by atoms with Crippen LogP contribution in [0, 0.1) is 0 Å². The number of unbranched alkanes of at least 4 members (excludes halogenated alkanes) is 2. The molecule has 1 rings (SSSR count). The van der Waals surface area contributed by atoms with E-state index in [-0.39, 0.29) is 5.78 Å². The number of halogens is 2. The summed E-state index contributed by atoms with van der Waals surface area (Å²) in [5, 5.41) is 0. The Kier molecular flexibility index (Phi) is 6.40. The van der Waals surface area contributed by atoms with Gasteiger partial charge in [-0.2, -0.15) is 0 Å². The normalized spacial score (nSPS) is 10.7. The Bertz CT molecular complexity index is 325. The van der Waals surface area contributed by atoms with Crippen molar-refractivity contribution >= 4 is 40.3 Å². The van der Waals surface area contributed by atoms with Gasteiger partial charge in [-0.05, 0) is 18.1 Å². The molecule has 0 aliphatic heterocycles. The van der Waals surface area contributed by atoms with Crippen LogP contribution in [0.4, 0.5) is 0 Å². The number of rotatable bonds is 7. The van der Waals surface area contributed by atoms with Crippen LogP contribution in [0.5, 0.6) is 0 Å². The molecular formula is C12H16Cl2OS. The molecule has 0 aromatic carbocycles. The summed E-state index contributed by atoms with van der Waals surface area (Å²) in [6, 6.07) is 1.89. The van der Waals surface area contributed by atoms with Crippen molar-refractivity contribution in [2.75, 3.05) is 0 Å². The topological polar surface area (TPSA) is 17.1 Å². The summed E-state index contributed by atoms with van der Waals surface area (Å²) >= 11 is 13.1. The van der Waals surface area contributed by atoms with E-state index in [1.165, 1.54) is 11.3 Å². The van der Waals surface area contributed by atoms with Crippen LogP contribution in [0.15, 0.2) is 6.07 Å². The predicted molar refractivity (Wildman–Crippen MR) is 71.9 cm³/mol. The zero-order chi connectivity index (χ0) is 12.0. The molecule has 0 saturated heterocycles. The van der Waals surface area contributed by atoms with E-state index in [1.54, 1.807) is 0 Å². The van der Waals surface area contributed by atoms with Crippen LogP contribution in [0.2, 0.25) is 0 Å². The minimum Gasteiger partial charge on any atom is -0.293 e. The van der Waals surface area contributed by atoms with Crippen molar-refractivity contribution in [1.82, 2.24) is 0 Å². The molecule has 0 radical (unpaired) electrons. The number of ketones is 1. The third kappa shape index (κ3) is 3.76. The highest BCUT2D eigenvalue weighted by Crippen LogP contribution is 2.27. The predicted octanol–water partition coefficient (Wildman–Crippen LogP) is 4.99. The number of hydrogen-bond donors (Lipinski definition) is 0. The molecule has 1 aromatic rings. The monoisotopic (exact) mass is 278 g/mol.